The number of rotatable bonds is 5. The number of fused-ring (bicyclic) bond motifs is 1. The molecule has 230 valence electrons. The lowest BCUT2D eigenvalue weighted by atomic mass is 9.87. The van der Waals surface area contributed by atoms with Gasteiger partial charge in [0.1, 0.15) is 29.1 Å². The number of aromatic nitrogens is 3. The molecule has 3 saturated heterocycles. The Morgan fingerprint density at radius 1 is 1.12 bits per heavy atom. The summed E-state index contributed by atoms with van der Waals surface area (Å²) < 4.78 is 10.0. The lowest BCUT2D eigenvalue weighted by Gasteiger charge is -2.40. The van der Waals surface area contributed by atoms with Crippen LogP contribution in [0.2, 0.25) is 0 Å². The predicted molar refractivity (Wildman–Crippen MR) is 167 cm³/mol. The molecular weight excluding hydrogens is 552 g/mol. The third-order valence-electron chi connectivity index (χ3n) is 8.19. The molecule has 0 bridgehead atoms. The van der Waals surface area contributed by atoms with E-state index in [-0.39, 0.29) is 23.6 Å². The summed E-state index contributed by atoms with van der Waals surface area (Å²) in [4.78, 5) is 37.7. The number of carbonyl (C=O) groups excluding carboxylic acids is 1. The molecule has 2 aromatic heterocycles. The lowest BCUT2D eigenvalue weighted by molar-refractivity contribution is -0.118. The van der Waals surface area contributed by atoms with Crippen LogP contribution in [-0.2, 0) is 11.2 Å². The number of amides is 1. The van der Waals surface area contributed by atoms with E-state index in [1.807, 2.05) is 27.0 Å². The molecule has 2 aromatic rings. The number of aryl methyl sites for hydroxylation is 1. The number of nitroso groups, excluding NO2 is 1. The van der Waals surface area contributed by atoms with Gasteiger partial charge in [-0.1, -0.05) is 39.8 Å². The molecule has 1 spiro atoms. The number of pyridine rings is 1. The highest BCUT2D eigenvalue weighted by Gasteiger charge is 2.45. The van der Waals surface area contributed by atoms with Gasteiger partial charge < -0.3 is 9.64 Å². The Labute approximate surface area is 254 Å². The van der Waals surface area contributed by atoms with Crippen LogP contribution in [0.1, 0.15) is 71.6 Å². The van der Waals surface area contributed by atoms with E-state index in [1.54, 1.807) is 29.2 Å². The second-order valence-corrected chi connectivity index (χ2v) is 13.1. The summed E-state index contributed by atoms with van der Waals surface area (Å²) in [6.45, 7) is 15.8. The van der Waals surface area contributed by atoms with Crippen molar-refractivity contribution < 1.29 is 9.53 Å². The number of carbonyl (C=O) groups is 1. The fourth-order valence-electron chi connectivity index (χ4n) is 5.67. The van der Waals surface area contributed by atoms with Crippen molar-refractivity contribution in [3.63, 3.8) is 0 Å². The van der Waals surface area contributed by atoms with Gasteiger partial charge in [-0.05, 0) is 43.2 Å². The van der Waals surface area contributed by atoms with Crippen molar-refractivity contribution in [2.24, 2.45) is 10.6 Å². The van der Waals surface area contributed by atoms with E-state index in [2.05, 4.69) is 61.9 Å². The number of ether oxygens (including phenoxy) is 1. The summed E-state index contributed by atoms with van der Waals surface area (Å²) in [6, 6.07) is 2.21. The number of nitrogens with zero attached hydrogens (tertiary/aromatic N) is 6. The fourth-order valence-corrected chi connectivity index (χ4v) is 6.92. The molecule has 12 heteroatoms. The van der Waals surface area contributed by atoms with Gasteiger partial charge in [0.05, 0.1) is 36.0 Å². The second kappa shape index (κ2) is 14.2. The van der Waals surface area contributed by atoms with Gasteiger partial charge in [-0.3, -0.25) is 30.0 Å². The van der Waals surface area contributed by atoms with Crippen LogP contribution in [-0.4, -0.2) is 80.6 Å². The first-order chi connectivity index (χ1) is 20.2. The Morgan fingerprint density at radius 2 is 1.86 bits per heavy atom. The van der Waals surface area contributed by atoms with E-state index in [0.717, 1.165) is 81.0 Å². The van der Waals surface area contributed by atoms with E-state index in [9.17, 15) is 9.70 Å². The maximum Gasteiger partial charge on any atom is 0.210 e. The highest BCUT2D eigenvalue weighted by Crippen LogP contribution is 2.42. The van der Waals surface area contributed by atoms with Gasteiger partial charge in [-0.2, -0.15) is 4.91 Å². The first kappa shape index (κ1) is 32.2. The molecule has 0 saturated carbocycles. The molecule has 0 radical (unpaired) electrons. The zero-order chi connectivity index (χ0) is 30.3. The molecule has 3 fully saturated rings. The van der Waals surface area contributed by atoms with Gasteiger partial charge in [0, 0.05) is 50.7 Å². The average Bonchev–Trinajstić information content (AvgIpc) is 3.74. The van der Waals surface area contributed by atoms with Crippen LogP contribution in [0.5, 0.6) is 5.75 Å². The largest absolute Gasteiger partial charge is 0.485 e. The topological polar surface area (TPSA) is 125 Å². The molecule has 6 rings (SSSR count). The number of nitrogens with one attached hydrogen (secondary N) is 2. The Morgan fingerprint density at radius 3 is 2.48 bits per heavy atom. The average molecular weight is 599 g/mol. The number of likely N-dealkylation sites (tertiary alicyclic amines) is 2. The standard InChI is InChI=1S/C22H30N6OS.C6H10N2O2.C2H6/c1-14-11-24-17(12-23-14)16-9-15-10-22(29-18(15)13-25-16)5-7-28(8-6-22)20-26-19(27-30-20)21(2,3)4;9-5-8-3-1-2-6(8)4-7-10;1-2/h9,11-13,19-20,26-27H,5-8,10H2,1-4H3;5-6H,1-4H2;1-2H3. The van der Waals surface area contributed by atoms with Crippen LogP contribution < -0.4 is 14.8 Å². The smallest absolute Gasteiger partial charge is 0.210 e. The lowest BCUT2D eigenvalue weighted by Crippen LogP contribution is -2.54. The summed E-state index contributed by atoms with van der Waals surface area (Å²) in [5.74, 6) is 0.926. The monoisotopic (exact) mass is 598 g/mol. The SMILES string of the molecule is CC.Cc1cnc(-c2cc3c(cn2)OC2(CCN(C4NC(C(C)(C)C)NS4)CC2)C3)cn1.O=CN1CCCC1CN=O. The third-order valence-corrected chi connectivity index (χ3v) is 9.22. The Balaban J connectivity index is 0.000000285. The van der Waals surface area contributed by atoms with Crippen LogP contribution in [0.15, 0.2) is 29.8 Å². The van der Waals surface area contributed by atoms with Gasteiger partial charge in [-0.15, -0.1) is 0 Å². The molecule has 4 aliphatic heterocycles. The first-order valence-corrected chi connectivity index (χ1v) is 16.0. The maximum atomic E-state index is 10.3. The summed E-state index contributed by atoms with van der Waals surface area (Å²) >= 11 is 1.80. The minimum Gasteiger partial charge on any atom is -0.485 e. The van der Waals surface area contributed by atoms with E-state index < -0.39 is 0 Å². The summed E-state index contributed by atoms with van der Waals surface area (Å²) in [7, 11) is 0. The molecule has 1 amide bonds. The molecule has 11 nitrogen and oxygen atoms in total. The minimum atomic E-state index is -0.0990. The predicted octanol–water partition coefficient (Wildman–Crippen LogP) is 4.51. The van der Waals surface area contributed by atoms with Crippen molar-refractivity contribution in [2.45, 2.75) is 97.0 Å². The highest BCUT2D eigenvalue weighted by molar-refractivity contribution is 7.98. The molecule has 0 aromatic carbocycles. The normalized spacial score (nSPS) is 24.6. The van der Waals surface area contributed by atoms with E-state index >= 15 is 0 Å². The maximum absolute atomic E-state index is 10.3. The van der Waals surface area contributed by atoms with Crippen molar-refractivity contribution in [1.29, 1.82) is 0 Å². The Hall–Kier alpha value is -2.67. The first-order valence-electron chi connectivity index (χ1n) is 15.1. The van der Waals surface area contributed by atoms with Gasteiger partial charge in [0.2, 0.25) is 6.41 Å². The van der Waals surface area contributed by atoms with Crippen molar-refractivity contribution >= 4 is 18.4 Å². The van der Waals surface area contributed by atoms with E-state index in [0.29, 0.717) is 11.7 Å². The number of hydrogen-bond donors (Lipinski definition) is 2. The minimum absolute atomic E-state index is 0.0787. The van der Waals surface area contributed by atoms with Crippen LogP contribution in [0.25, 0.3) is 11.4 Å². The van der Waals surface area contributed by atoms with Crippen LogP contribution in [0.3, 0.4) is 0 Å². The zero-order valence-electron chi connectivity index (χ0n) is 25.8. The van der Waals surface area contributed by atoms with Crippen LogP contribution >= 0.6 is 11.9 Å². The van der Waals surface area contributed by atoms with Crippen molar-refractivity contribution in [3.8, 4) is 17.1 Å². The number of piperidine rings is 1. The van der Waals surface area contributed by atoms with E-state index in [4.69, 9.17) is 4.74 Å². The Bertz CT molecular complexity index is 1180. The molecule has 0 aliphatic carbocycles. The summed E-state index contributed by atoms with van der Waals surface area (Å²) in [5.41, 5.74) is 4.24. The molecule has 3 atom stereocenters. The zero-order valence-corrected chi connectivity index (χ0v) is 26.6. The quantitative estimate of drug-likeness (QED) is 0.288. The summed E-state index contributed by atoms with van der Waals surface area (Å²) in [6.07, 6.45) is 11.5. The third kappa shape index (κ3) is 7.64. The van der Waals surface area contributed by atoms with Crippen LogP contribution in [0.4, 0.5) is 0 Å². The summed E-state index contributed by atoms with van der Waals surface area (Å²) in [5, 5.41) is 6.51. The molecule has 2 N–H and O–H groups in total. The fraction of sp³-hybridized carbons (Fsp3) is 0.667. The molecular formula is C30H46N8O3S. The van der Waals surface area contributed by atoms with Gasteiger partial charge in [-0.25, -0.2) is 4.72 Å². The van der Waals surface area contributed by atoms with Gasteiger partial charge in [0.15, 0.2) is 0 Å². The van der Waals surface area contributed by atoms with Gasteiger partial charge >= 0.3 is 0 Å². The van der Waals surface area contributed by atoms with E-state index in [1.165, 1.54) is 5.56 Å². The highest BCUT2D eigenvalue weighted by atomic mass is 32.2. The van der Waals surface area contributed by atoms with Crippen molar-refractivity contribution in [3.05, 3.63) is 40.8 Å². The number of hydrogen-bond acceptors (Lipinski definition) is 11. The van der Waals surface area contributed by atoms with Crippen molar-refractivity contribution in [2.75, 3.05) is 26.2 Å². The second-order valence-electron chi connectivity index (χ2n) is 12.2. The molecule has 4 aliphatic rings. The molecule has 3 unspecified atom stereocenters. The van der Waals surface area contributed by atoms with Gasteiger partial charge in [0.25, 0.3) is 0 Å². The molecule has 42 heavy (non-hydrogen) atoms. The van der Waals surface area contributed by atoms with Crippen molar-refractivity contribution in [1.82, 2.24) is 34.8 Å². The Kier molecular flexibility index (Phi) is 10.9. The van der Waals surface area contributed by atoms with Crippen LogP contribution in [0, 0.1) is 17.2 Å². The molecule has 6 heterocycles.